The molecule has 0 saturated carbocycles. The minimum atomic E-state index is -0.520. The van der Waals surface area contributed by atoms with Crippen molar-refractivity contribution in [2.24, 2.45) is 0 Å². The van der Waals surface area contributed by atoms with Gasteiger partial charge in [-0.2, -0.15) is 0 Å². The summed E-state index contributed by atoms with van der Waals surface area (Å²) < 4.78 is 11.0. The van der Waals surface area contributed by atoms with Gasteiger partial charge in [0.15, 0.2) is 16.6 Å². The highest BCUT2D eigenvalue weighted by atomic mass is 35.5. The highest BCUT2D eigenvalue weighted by molar-refractivity contribution is 7.80. The Morgan fingerprint density at radius 3 is 2.62 bits per heavy atom. The minimum absolute atomic E-state index is 0.273. The van der Waals surface area contributed by atoms with Crippen molar-refractivity contribution in [3.05, 3.63) is 63.8 Å². The van der Waals surface area contributed by atoms with Crippen LogP contribution in [-0.4, -0.2) is 25.2 Å². The number of hydrogen-bond donors (Lipinski definition) is 3. The third-order valence-electron chi connectivity index (χ3n) is 4.71. The lowest BCUT2D eigenvalue weighted by Gasteiger charge is -2.31. The van der Waals surface area contributed by atoms with Gasteiger partial charge in [-0.05, 0) is 49.8 Å². The number of aryl methyl sites for hydroxylation is 1. The summed E-state index contributed by atoms with van der Waals surface area (Å²) in [5.41, 5.74) is 3.43. The number of carbonyl (C=O) groups excluding carboxylic acids is 1. The minimum Gasteiger partial charge on any atom is -0.493 e. The van der Waals surface area contributed by atoms with Gasteiger partial charge < -0.3 is 25.4 Å². The first kappa shape index (κ1) is 21.0. The van der Waals surface area contributed by atoms with E-state index in [-0.39, 0.29) is 5.91 Å². The molecule has 2 aromatic carbocycles. The van der Waals surface area contributed by atoms with Gasteiger partial charge in [0.05, 0.1) is 25.8 Å². The standard InChI is InChI=1S/C21H22ClN3O3S/c1-11-8-9-13(22)10-15(11)24-20(26)17-12(2)23-21(29)25-18(17)14-6-5-7-16(27-3)19(14)28-4/h5-10,18H,1-4H3,(H,24,26)(H2,23,25,29)/t18-/m0/s1. The van der Waals surface area contributed by atoms with Crippen molar-refractivity contribution >= 4 is 40.5 Å². The predicted octanol–water partition coefficient (Wildman–Crippen LogP) is 4.10. The summed E-state index contributed by atoms with van der Waals surface area (Å²) in [7, 11) is 3.13. The molecule has 1 amide bonds. The lowest BCUT2D eigenvalue weighted by Crippen LogP contribution is -2.45. The van der Waals surface area contributed by atoms with E-state index in [1.807, 2.05) is 32.0 Å². The average Bonchev–Trinajstić information content (AvgIpc) is 2.69. The fourth-order valence-corrected chi connectivity index (χ4v) is 3.73. The monoisotopic (exact) mass is 431 g/mol. The van der Waals surface area contributed by atoms with Crippen LogP contribution in [0.4, 0.5) is 5.69 Å². The molecule has 1 heterocycles. The molecule has 6 nitrogen and oxygen atoms in total. The van der Waals surface area contributed by atoms with E-state index >= 15 is 0 Å². The van der Waals surface area contributed by atoms with Crippen LogP contribution in [0.2, 0.25) is 5.02 Å². The predicted molar refractivity (Wildman–Crippen MR) is 119 cm³/mol. The van der Waals surface area contributed by atoms with Crippen LogP contribution in [0.3, 0.4) is 0 Å². The van der Waals surface area contributed by atoms with Crippen molar-refractivity contribution < 1.29 is 14.3 Å². The van der Waals surface area contributed by atoms with Crippen LogP contribution >= 0.6 is 23.8 Å². The number of methoxy groups -OCH3 is 2. The second kappa shape index (κ2) is 8.71. The summed E-state index contributed by atoms with van der Waals surface area (Å²) >= 11 is 11.4. The molecule has 1 aliphatic rings. The highest BCUT2D eigenvalue weighted by Crippen LogP contribution is 2.39. The van der Waals surface area contributed by atoms with Crippen LogP contribution in [0.15, 0.2) is 47.7 Å². The Balaban J connectivity index is 2.05. The summed E-state index contributed by atoms with van der Waals surface area (Å²) in [5.74, 6) is 0.832. The highest BCUT2D eigenvalue weighted by Gasteiger charge is 2.32. The first-order chi connectivity index (χ1) is 13.8. The molecule has 2 aromatic rings. The van der Waals surface area contributed by atoms with Crippen LogP contribution in [0.5, 0.6) is 11.5 Å². The van der Waals surface area contributed by atoms with Crippen LogP contribution in [0.25, 0.3) is 0 Å². The zero-order chi connectivity index (χ0) is 21.1. The molecule has 0 aromatic heterocycles. The second-order valence-corrected chi connectivity index (χ2v) is 7.41. The van der Waals surface area contributed by atoms with Crippen LogP contribution < -0.4 is 25.4 Å². The Labute approximate surface area is 180 Å². The number of halogens is 1. The molecule has 1 aliphatic heterocycles. The molecule has 3 N–H and O–H groups in total. The summed E-state index contributed by atoms with van der Waals surface area (Å²) in [6.45, 7) is 3.72. The SMILES string of the molecule is COc1cccc([C@@H]2NC(=S)NC(C)=C2C(=O)Nc2cc(Cl)ccc2C)c1OC. The van der Waals surface area contributed by atoms with Crippen molar-refractivity contribution in [1.82, 2.24) is 10.6 Å². The second-order valence-electron chi connectivity index (χ2n) is 6.57. The zero-order valence-corrected chi connectivity index (χ0v) is 18.1. The quantitative estimate of drug-likeness (QED) is 0.619. The number of thiocarbonyl (C=S) groups is 1. The number of nitrogens with one attached hydrogen (secondary N) is 3. The number of hydrogen-bond acceptors (Lipinski definition) is 4. The van der Waals surface area contributed by atoms with E-state index in [2.05, 4.69) is 16.0 Å². The van der Waals surface area contributed by atoms with Crippen molar-refractivity contribution in [2.75, 3.05) is 19.5 Å². The Morgan fingerprint density at radius 1 is 1.17 bits per heavy atom. The lowest BCUT2D eigenvalue weighted by molar-refractivity contribution is -0.113. The molecule has 0 unspecified atom stereocenters. The number of amides is 1. The van der Waals surface area contributed by atoms with Gasteiger partial charge >= 0.3 is 0 Å². The van der Waals surface area contributed by atoms with E-state index in [1.54, 1.807) is 32.4 Å². The summed E-state index contributed by atoms with van der Waals surface area (Å²) in [5, 5.41) is 10.1. The molecule has 29 heavy (non-hydrogen) atoms. The molecule has 0 radical (unpaired) electrons. The Morgan fingerprint density at radius 2 is 1.93 bits per heavy atom. The van der Waals surface area contributed by atoms with Gasteiger partial charge in [-0.15, -0.1) is 0 Å². The maximum absolute atomic E-state index is 13.3. The topological polar surface area (TPSA) is 71.6 Å². The van der Waals surface area contributed by atoms with Gasteiger partial charge in [-0.25, -0.2) is 0 Å². The molecule has 0 bridgehead atoms. The fraction of sp³-hybridized carbons (Fsp3) is 0.238. The zero-order valence-electron chi connectivity index (χ0n) is 16.6. The van der Waals surface area contributed by atoms with E-state index < -0.39 is 6.04 Å². The number of allylic oxidation sites excluding steroid dienone is 1. The number of benzene rings is 2. The van der Waals surface area contributed by atoms with Crippen molar-refractivity contribution in [2.45, 2.75) is 19.9 Å². The van der Waals surface area contributed by atoms with Crippen molar-refractivity contribution in [3.63, 3.8) is 0 Å². The first-order valence-electron chi connectivity index (χ1n) is 8.92. The van der Waals surface area contributed by atoms with E-state index in [4.69, 9.17) is 33.3 Å². The summed E-state index contributed by atoms with van der Waals surface area (Å²) in [4.78, 5) is 13.3. The van der Waals surface area contributed by atoms with Gasteiger partial charge in [0.2, 0.25) is 0 Å². The molecule has 0 fully saturated rings. The third kappa shape index (κ3) is 4.31. The lowest BCUT2D eigenvalue weighted by atomic mass is 9.93. The first-order valence-corrected chi connectivity index (χ1v) is 9.71. The number of para-hydroxylation sites is 1. The number of ether oxygens (including phenoxy) is 2. The van der Waals surface area contributed by atoms with Crippen molar-refractivity contribution in [3.8, 4) is 11.5 Å². The van der Waals surface area contributed by atoms with Gasteiger partial charge in [0, 0.05) is 22.0 Å². The molecular weight excluding hydrogens is 410 g/mol. The Hall–Kier alpha value is -2.77. The molecule has 152 valence electrons. The maximum atomic E-state index is 13.3. The Kier molecular flexibility index (Phi) is 6.30. The molecular formula is C21H22ClN3O3S. The molecule has 0 spiro atoms. The normalized spacial score (nSPS) is 16.0. The smallest absolute Gasteiger partial charge is 0.255 e. The molecule has 0 aliphatic carbocycles. The number of carbonyl (C=O) groups is 1. The molecule has 3 rings (SSSR count). The van der Waals surface area contributed by atoms with Crippen LogP contribution in [-0.2, 0) is 4.79 Å². The molecule has 8 heteroatoms. The summed E-state index contributed by atoms with van der Waals surface area (Å²) in [6, 6.07) is 10.4. The molecule has 1 atom stereocenters. The van der Waals surface area contributed by atoms with Gasteiger partial charge in [0.1, 0.15) is 0 Å². The van der Waals surface area contributed by atoms with Gasteiger partial charge in [0.25, 0.3) is 5.91 Å². The van der Waals surface area contributed by atoms with E-state index in [9.17, 15) is 4.79 Å². The van der Waals surface area contributed by atoms with E-state index in [0.29, 0.717) is 38.6 Å². The third-order valence-corrected chi connectivity index (χ3v) is 5.16. The summed E-state index contributed by atoms with van der Waals surface area (Å²) in [6.07, 6.45) is 0. The largest absolute Gasteiger partial charge is 0.493 e. The van der Waals surface area contributed by atoms with Crippen LogP contribution in [0.1, 0.15) is 24.1 Å². The number of anilines is 1. The molecule has 0 saturated heterocycles. The number of rotatable bonds is 5. The fourth-order valence-electron chi connectivity index (χ4n) is 3.29. The van der Waals surface area contributed by atoms with Gasteiger partial charge in [-0.1, -0.05) is 29.8 Å². The Bertz CT molecular complexity index is 1010. The van der Waals surface area contributed by atoms with Crippen LogP contribution in [0, 0.1) is 6.92 Å². The average molecular weight is 432 g/mol. The maximum Gasteiger partial charge on any atom is 0.255 e. The van der Waals surface area contributed by atoms with Gasteiger partial charge in [-0.3, -0.25) is 4.79 Å². The van der Waals surface area contributed by atoms with Crippen molar-refractivity contribution in [1.29, 1.82) is 0 Å². The van der Waals surface area contributed by atoms with E-state index in [1.165, 1.54) is 0 Å². The van der Waals surface area contributed by atoms with E-state index in [0.717, 1.165) is 11.1 Å².